The van der Waals surface area contributed by atoms with Crippen LogP contribution >= 0.6 is 0 Å². The van der Waals surface area contributed by atoms with E-state index < -0.39 is 0 Å². The number of H-pyrrole nitrogens is 1. The van der Waals surface area contributed by atoms with E-state index in [0.29, 0.717) is 6.42 Å². The van der Waals surface area contributed by atoms with Gasteiger partial charge in [-0.05, 0) is 26.1 Å². The average molecular weight is 181 g/mol. The fourth-order valence-electron chi connectivity index (χ4n) is 1.05. The van der Waals surface area contributed by atoms with Gasteiger partial charge in [0.2, 0.25) is 5.91 Å². The molecular formula is C9H15N3O. The van der Waals surface area contributed by atoms with Gasteiger partial charge in [0, 0.05) is 18.8 Å². The maximum atomic E-state index is 11.2. The predicted octanol–water partition coefficient (Wildman–Crippen LogP) is 0.953. The van der Waals surface area contributed by atoms with Crippen LogP contribution in [0.5, 0.6) is 0 Å². The van der Waals surface area contributed by atoms with Crippen LogP contribution in [0.2, 0.25) is 0 Å². The maximum Gasteiger partial charge on any atom is 0.224 e. The Morgan fingerprint density at radius 1 is 1.62 bits per heavy atom. The molecule has 1 amide bonds. The molecule has 0 fully saturated rings. The van der Waals surface area contributed by atoms with Crippen LogP contribution in [-0.2, 0) is 4.79 Å². The lowest BCUT2D eigenvalue weighted by molar-refractivity contribution is -0.116. The molecular weight excluding hydrogens is 166 g/mol. The molecule has 13 heavy (non-hydrogen) atoms. The summed E-state index contributed by atoms with van der Waals surface area (Å²) < 4.78 is 0. The van der Waals surface area contributed by atoms with E-state index in [2.05, 4.69) is 15.6 Å². The second kappa shape index (κ2) is 5.37. The summed E-state index contributed by atoms with van der Waals surface area (Å²) in [6.07, 6.45) is 4.97. The van der Waals surface area contributed by atoms with E-state index in [1.165, 1.54) is 0 Å². The van der Waals surface area contributed by atoms with Crippen molar-refractivity contribution in [3.05, 3.63) is 18.5 Å². The Balaban J connectivity index is 2.18. The van der Waals surface area contributed by atoms with Crippen LogP contribution in [0.15, 0.2) is 18.5 Å². The van der Waals surface area contributed by atoms with Crippen molar-refractivity contribution < 1.29 is 4.79 Å². The number of aromatic amines is 1. The van der Waals surface area contributed by atoms with Crippen LogP contribution in [0.25, 0.3) is 0 Å². The molecule has 1 aromatic rings. The maximum absolute atomic E-state index is 11.2. The van der Waals surface area contributed by atoms with Gasteiger partial charge in [0.05, 0.1) is 5.69 Å². The van der Waals surface area contributed by atoms with Gasteiger partial charge in [-0.15, -0.1) is 0 Å². The standard InChI is InChI=1S/C9H15N3O/c1-10-5-2-3-9(13)12-8-4-6-11-7-8/h4,6-7,10-11H,2-3,5H2,1H3,(H,12,13). The van der Waals surface area contributed by atoms with Crippen LogP contribution in [0.3, 0.4) is 0 Å². The molecule has 72 valence electrons. The average Bonchev–Trinajstić information content (AvgIpc) is 2.57. The zero-order chi connectivity index (χ0) is 9.52. The summed E-state index contributed by atoms with van der Waals surface area (Å²) >= 11 is 0. The molecule has 0 aliphatic rings. The van der Waals surface area contributed by atoms with Crippen molar-refractivity contribution in [2.45, 2.75) is 12.8 Å². The van der Waals surface area contributed by atoms with E-state index in [0.717, 1.165) is 18.7 Å². The highest BCUT2D eigenvalue weighted by Crippen LogP contribution is 2.04. The number of amides is 1. The fraction of sp³-hybridized carbons (Fsp3) is 0.444. The van der Waals surface area contributed by atoms with Crippen LogP contribution in [0.1, 0.15) is 12.8 Å². The first-order valence-electron chi connectivity index (χ1n) is 4.40. The molecule has 4 nitrogen and oxygen atoms in total. The summed E-state index contributed by atoms with van der Waals surface area (Å²) in [6, 6.07) is 1.83. The van der Waals surface area contributed by atoms with E-state index in [1.54, 1.807) is 12.4 Å². The van der Waals surface area contributed by atoms with Crippen molar-refractivity contribution in [3.63, 3.8) is 0 Å². The molecule has 0 saturated heterocycles. The van der Waals surface area contributed by atoms with Crippen molar-refractivity contribution in [3.8, 4) is 0 Å². The molecule has 0 aliphatic carbocycles. The fourth-order valence-corrected chi connectivity index (χ4v) is 1.05. The molecule has 0 bridgehead atoms. The number of anilines is 1. The van der Waals surface area contributed by atoms with Crippen LogP contribution in [0.4, 0.5) is 5.69 Å². The van der Waals surface area contributed by atoms with Gasteiger partial charge in [-0.25, -0.2) is 0 Å². The second-order valence-corrected chi connectivity index (χ2v) is 2.85. The molecule has 0 aliphatic heterocycles. The van der Waals surface area contributed by atoms with Crippen LogP contribution in [0, 0.1) is 0 Å². The number of rotatable bonds is 5. The zero-order valence-corrected chi connectivity index (χ0v) is 7.76. The van der Waals surface area contributed by atoms with Crippen LogP contribution < -0.4 is 10.6 Å². The summed E-state index contributed by atoms with van der Waals surface area (Å²) in [4.78, 5) is 14.1. The highest BCUT2D eigenvalue weighted by atomic mass is 16.1. The summed E-state index contributed by atoms with van der Waals surface area (Å²) in [7, 11) is 1.88. The highest BCUT2D eigenvalue weighted by Gasteiger charge is 2.00. The second-order valence-electron chi connectivity index (χ2n) is 2.85. The minimum atomic E-state index is 0.0647. The zero-order valence-electron chi connectivity index (χ0n) is 7.76. The molecule has 0 atom stereocenters. The lowest BCUT2D eigenvalue weighted by Gasteiger charge is -2.01. The number of hydrogen-bond donors (Lipinski definition) is 3. The Hall–Kier alpha value is -1.29. The Morgan fingerprint density at radius 2 is 2.46 bits per heavy atom. The molecule has 3 N–H and O–H groups in total. The molecule has 1 heterocycles. The molecule has 0 radical (unpaired) electrons. The van der Waals surface area contributed by atoms with Crippen molar-refractivity contribution in [1.82, 2.24) is 10.3 Å². The smallest absolute Gasteiger partial charge is 0.224 e. The van der Waals surface area contributed by atoms with E-state index in [-0.39, 0.29) is 5.91 Å². The normalized spacial score (nSPS) is 9.92. The monoisotopic (exact) mass is 181 g/mol. The first kappa shape index (κ1) is 9.80. The van der Waals surface area contributed by atoms with Crippen molar-refractivity contribution >= 4 is 11.6 Å². The molecule has 4 heteroatoms. The van der Waals surface area contributed by atoms with E-state index >= 15 is 0 Å². The summed E-state index contributed by atoms with van der Waals surface area (Å²) in [5.41, 5.74) is 0.828. The number of carbonyl (C=O) groups excluding carboxylic acids is 1. The molecule has 0 aromatic carbocycles. The summed E-state index contributed by atoms with van der Waals surface area (Å²) in [6.45, 7) is 0.876. The van der Waals surface area contributed by atoms with Crippen LogP contribution in [-0.4, -0.2) is 24.5 Å². The first-order chi connectivity index (χ1) is 6.33. The number of hydrogen-bond acceptors (Lipinski definition) is 2. The SMILES string of the molecule is CNCCCC(=O)Nc1cc[nH]c1. The van der Waals surface area contributed by atoms with Crippen molar-refractivity contribution in [1.29, 1.82) is 0 Å². The Labute approximate surface area is 77.7 Å². The minimum Gasteiger partial charge on any atom is -0.366 e. The number of carbonyl (C=O) groups is 1. The third kappa shape index (κ3) is 3.75. The topological polar surface area (TPSA) is 56.9 Å². The van der Waals surface area contributed by atoms with Gasteiger partial charge < -0.3 is 15.6 Å². The molecule has 1 aromatic heterocycles. The van der Waals surface area contributed by atoms with Gasteiger partial charge in [-0.1, -0.05) is 0 Å². The predicted molar refractivity (Wildman–Crippen MR) is 52.6 cm³/mol. The van der Waals surface area contributed by atoms with Crippen molar-refractivity contribution in [2.24, 2.45) is 0 Å². The van der Waals surface area contributed by atoms with Gasteiger partial charge in [0.1, 0.15) is 0 Å². The lowest BCUT2D eigenvalue weighted by Crippen LogP contribution is -2.14. The quantitative estimate of drug-likeness (QED) is 0.592. The summed E-state index contributed by atoms with van der Waals surface area (Å²) in [5, 5.41) is 5.78. The molecule has 0 saturated carbocycles. The number of aromatic nitrogens is 1. The Morgan fingerprint density at radius 3 is 3.08 bits per heavy atom. The third-order valence-electron chi connectivity index (χ3n) is 1.71. The minimum absolute atomic E-state index is 0.0647. The number of nitrogens with one attached hydrogen (secondary N) is 3. The van der Waals surface area contributed by atoms with Crippen molar-refractivity contribution in [2.75, 3.05) is 18.9 Å². The third-order valence-corrected chi connectivity index (χ3v) is 1.71. The molecule has 0 unspecified atom stereocenters. The van der Waals surface area contributed by atoms with Gasteiger partial charge in [-0.3, -0.25) is 4.79 Å². The summed E-state index contributed by atoms with van der Waals surface area (Å²) in [5.74, 6) is 0.0647. The van der Waals surface area contributed by atoms with E-state index in [4.69, 9.17) is 0 Å². The first-order valence-corrected chi connectivity index (χ1v) is 4.40. The molecule has 0 spiro atoms. The highest BCUT2D eigenvalue weighted by molar-refractivity contribution is 5.90. The Bertz CT molecular complexity index is 243. The van der Waals surface area contributed by atoms with E-state index in [9.17, 15) is 4.79 Å². The largest absolute Gasteiger partial charge is 0.366 e. The lowest BCUT2D eigenvalue weighted by atomic mass is 10.3. The molecule has 1 rings (SSSR count). The van der Waals surface area contributed by atoms with E-state index in [1.807, 2.05) is 13.1 Å². The van der Waals surface area contributed by atoms with Gasteiger partial charge in [0.25, 0.3) is 0 Å². The van der Waals surface area contributed by atoms with Gasteiger partial charge in [0.15, 0.2) is 0 Å². The van der Waals surface area contributed by atoms with Gasteiger partial charge in [-0.2, -0.15) is 0 Å². The van der Waals surface area contributed by atoms with Gasteiger partial charge >= 0.3 is 0 Å². The Kier molecular flexibility index (Phi) is 4.05.